The molecule has 0 unspecified atom stereocenters. The summed E-state index contributed by atoms with van der Waals surface area (Å²) in [6.45, 7) is 0. The number of nitrogens with zero attached hydrogens (tertiary/aromatic N) is 1. The zero-order valence-electron chi connectivity index (χ0n) is 7.53. The van der Waals surface area contributed by atoms with E-state index in [2.05, 4.69) is 11.1 Å². The fourth-order valence-electron chi connectivity index (χ4n) is 1.33. The van der Waals surface area contributed by atoms with Gasteiger partial charge in [0, 0.05) is 5.39 Å². The second kappa shape index (κ2) is 3.46. The van der Waals surface area contributed by atoms with E-state index >= 15 is 0 Å². The lowest BCUT2D eigenvalue weighted by atomic mass is 10.2. The van der Waals surface area contributed by atoms with Gasteiger partial charge >= 0.3 is 0 Å². The molecule has 0 spiro atoms. The van der Waals surface area contributed by atoms with E-state index in [1.165, 1.54) is 0 Å². The molecule has 1 heterocycles. The summed E-state index contributed by atoms with van der Waals surface area (Å²) in [7, 11) is 0. The molecule has 2 N–H and O–H groups in total. The van der Waals surface area contributed by atoms with E-state index in [0.717, 1.165) is 10.9 Å². The minimum Gasteiger partial charge on any atom is -0.369 e. The molecule has 3 nitrogen and oxygen atoms in total. The third kappa shape index (κ3) is 1.71. The van der Waals surface area contributed by atoms with Crippen molar-refractivity contribution in [2.45, 2.75) is 6.42 Å². The Labute approximate surface area is 81.6 Å². The lowest BCUT2D eigenvalue weighted by molar-refractivity contribution is -0.117. The molecule has 0 fully saturated rings. The Bertz CT molecular complexity index is 479. The highest BCUT2D eigenvalue weighted by Gasteiger charge is 2.00. The van der Waals surface area contributed by atoms with Gasteiger partial charge < -0.3 is 5.73 Å². The maximum atomic E-state index is 10.7. The molecule has 2 aromatic rings. The zero-order chi connectivity index (χ0) is 9.97. The minimum absolute atomic E-state index is 0.185. The number of carbonyl (C=O) groups excluding carboxylic acids is 1. The van der Waals surface area contributed by atoms with Crippen molar-refractivity contribution in [2.24, 2.45) is 5.73 Å². The largest absolute Gasteiger partial charge is 0.369 e. The van der Waals surface area contributed by atoms with Crippen LogP contribution < -0.4 is 5.73 Å². The Kier molecular flexibility index (Phi) is 2.14. The van der Waals surface area contributed by atoms with Gasteiger partial charge in [-0.1, -0.05) is 18.2 Å². The lowest BCUT2D eigenvalue weighted by Gasteiger charge is -1.99. The van der Waals surface area contributed by atoms with Gasteiger partial charge in [-0.15, -0.1) is 0 Å². The Morgan fingerprint density at radius 1 is 1.43 bits per heavy atom. The Morgan fingerprint density at radius 2 is 2.29 bits per heavy atom. The molecule has 1 aromatic carbocycles. The number of amides is 1. The molecule has 69 valence electrons. The van der Waals surface area contributed by atoms with Crippen LogP contribution in [-0.2, 0) is 11.2 Å². The highest BCUT2D eigenvalue weighted by molar-refractivity contribution is 5.80. The molecule has 0 atom stereocenters. The fraction of sp³-hybridized carbons (Fsp3) is 0.0909. The second-order valence-corrected chi connectivity index (χ2v) is 3.06. The topological polar surface area (TPSA) is 56.0 Å². The molecule has 1 radical (unpaired) electrons. The summed E-state index contributed by atoms with van der Waals surface area (Å²) in [6.07, 6.45) is 0.185. The van der Waals surface area contributed by atoms with Crippen molar-refractivity contribution >= 4 is 16.8 Å². The van der Waals surface area contributed by atoms with E-state index in [0.29, 0.717) is 5.69 Å². The molecule has 1 amide bonds. The molecule has 2 rings (SSSR count). The van der Waals surface area contributed by atoms with E-state index in [9.17, 15) is 4.79 Å². The maximum Gasteiger partial charge on any atom is 0.223 e. The monoisotopic (exact) mass is 185 g/mol. The third-order valence-electron chi connectivity index (χ3n) is 1.95. The van der Waals surface area contributed by atoms with E-state index in [-0.39, 0.29) is 12.3 Å². The summed E-state index contributed by atoms with van der Waals surface area (Å²) in [5.74, 6) is -0.364. The quantitative estimate of drug-likeness (QED) is 0.760. The first-order valence-corrected chi connectivity index (χ1v) is 4.30. The number of primary amides is 1. The van der Waals surface area contributed by atoms with Crippen LogP contribution in [0.5, 0.6) is 0 Å². The predicted molar refractivity (Wildman–Crippen MR) is 53.5 cm³/mol. The van der Waals surface area contributed by atoms with Gasteiger partial charge in [0.2, 0.25) is 5.91 Å². The van der Waals surface area contributed by atoms with Gasteiger partial charge in [0.05, 0.1) is 17.6 Å². The number of pyridine rings is 1. The molecule has 0 bridgehead atoms. The Balaban J connectivity index is 2.46. The third-order valence-corrected chi connectivity index (χ3v) is 1.95. The van der Waals surface area contributed by atoms with E-state index in [1.54, 1.807) is 6.07 Å². The van der Waals surface area contributed by atoms with E-state index in [1.807, 2.05) is 24.3 Å². The van der Waals surface area contributed by atoms with Crippen LogP contribution >= 0.6 is 0 Å². The van der Waals surface area contributed by atoms with Crippen LogP contribution in [0.1, 0.15) is 5.69 Å². The molecule has 0 saturated heterocycles. The fourth-order valence-corrected chi connectivity index (χ4v) is 1.33. The number of aromatic nitrogens is 1. The van der Waals surface area contributed by atoms with Gasteiger partial charge in [-0.05, 0) is 18.2 Å². The summed E-state index contributed by atoms with van der Waals surface area (Å²) in [5, 5.41) is 1.04. The van der Waals surface area contributed by atoms with Crippen LogP contribution in [-0.4, -0.2) is 10.9 Å². The molecular weight excluding hydrogens is 176 g/mol. The van der Waals surface area contributed by atoms with Gasteiger partial charge in [-0.3, -0.25) is 9.78 Å². The van der Waals surface area contributed by atoms with Crippen molar-refractivity contribution < 1.29 is 4.79 Å². The molecule has 14 heavy (non-hydrogen) atoms. The molecule has 1 aromatic heterocycles. The van der Waals surface area contributed by atoms with Gasteiger partial charge in [-0.2, -0.15) is 0 Å². The van der Waals surface area contributed by atoms with Crippen LogP contribution in [0.3, 0.4) is 0 Å². The van der Waals surface area contributed by atoms with Crippen molar-refractivity contribution in [3.05, 3.63) is 42.1 Å². The van der Waals surface area contributed by atoms with Gasteiger partial charge in [0.25, 0.3) is 0 Å². The second-order valence-electron chi connectivity index (χ2n) is 3.06. The molecule has 3 heteroatoms. The standard InChI is InChI=1S/C11H9N2O/c12-11(14)7-9-6-5-8-3-1-2-4-10(8)13-9/h1,3-6H,7H2,(H2,12,14). The van der Waals surface area contributed by atoms with Crippen molar-refractivity contribution in [1.82, 2.24) is 4.98 Å². The average Bonchev–Trinajstić information content (AvgIpc) is 2.17. The van der Waals surface area contributed by atoms with Crippen molar-refractivity contribution in [3.8, 4) is 0 Å². The zero-order valence-corrected chi connectivity index (χ0v) is 7.53. The smallest absolute Gasteiger partial charge is 0.223 e. The van der Waals surface area contributed by atoms with Crippen LogP contribution in [0.4, 0.5) is 0 Å². The number of hydrogen-bond donors (Lipinski definition) is 1. The summed E-state index contributed by atoms with van der Waals surface area (Å²) in [4.78, 5) is 15.0. The number of hydrogen-bond acceptors (Lipinski definition) is 2. The number of carbonyl (C=O) groups is 1. The highest BCUT2D eigenvalue weighted by Crippen LogP contribution is 2.11. The molecular formula is C11H9N2O. The normalized spacial score (nSPS) is 10.3. The van der Waals surface area contributed by atoms with Crippen LogP contribution in [0, 0.1) is 6.07 Å². The summed E-state index contributed by atoms with van der Waals surface area (Å²) in [5.41, 5.74) is 6.62. The maximum absolute atomic E-state index is 10.7. The number of rotatable bonds is 2. The van der Waals surface area contributed by atoms with Crippen LogP contribution in [0.15, 0.2) is 30.3 Å². The molecule has 0 saturated carbocycles. The highest BCUT2D eigenvalue weighted by atomic mass is 16.1. The predicted octanol–water partition coefficient (Wildman–Crippen LogP) is 1.06. The first-order chi connectivity index (χ1) is 6.75. The van der Waals surface area contributed by atoms with Crippen LogP contribution in [0.2, 0.25) is 0 Å². The van der Waals surface area contributed by atoms with Gasteiger partial charge in [-0.25, -0.2) is 0 Å². The van der Waals surface area contributed by atoms with Crippen molar-refractivity contribution in [2.75, 3.05) is 0 Å². The van der Waals surface area contributed by atoms with Gasteiger partial charge in [0.15, 0.2) is 0 Å². The average molecular weight is 185 g/mol. The summed E-state index contributed by atoms with van der Waals surface area (Å²) < 4.78 is 0. The van der Waals surface area contributed by atoms with Gasteiger partial charge in [0.1, 0.15) is 0 Å². The first kappa shape index (κ1) is 8.69. The SMILES string of the molecule is NC(=O)Cc1ccc2cc[c]cc2n1. The number of benzene rings is 1. The van der Waals surface area contributed by atoms with Crippen molar-refractivity contribution in [1.29, 1.82) is 0 Å². The summed E-state index contributed by atoms with van der Waals surface area (Å²) >= 11 is 0. The molecule has 0 aliphatic carbocycles. The molecule has 0 aliphatic rings. The Hall–Kier alpha value is -1.90. The number of fused-ring (bicyclic) bond motifs is 1. The Morgan fingerprint density at radius 3 is 3.07 bits per heavy atom. The van der Waals surface area contributed by atoms with Crippen LogP contribution in [0.25, 0.3) is 10.9 Å². The summed E-state index contributed by atoms with van der Waals surface area (Å²) in [6, 6.07) is 12.2. The van der Waals surface area contributed by atoms with E-state index < -0.39 is 0 Å². The van der Waals surface area contributed by atoms with E-state index in [4.69, 9.17) is 5.73 Å². The minimum atomic E-state index is -0.364. The van der Waals surface area contributed by atoms with Crippen molar-refractivity contribution in [3.63, 3.8) is 0 Å². The lowest BCUT2D eigenvalue weighted by Crippen LogP contribution is -2.14. The molecule has 0 aliphatic heterocycles. The number of nitrogens with two attached hydrogens (primary N) is 1. The first-order valence-electron chi connectivity index (χ1n) is 4.30.